The van der Waals surface area contributed by atoms with Crippen LogP contribution in [0, 0.1) is 0 Å². The molecular formula is C12H9N5O3S. The first-order chi connectivity index (χ1) is 9.98. The number of benzene rings is 1. The molecular weight excluding hydrogens is 294 g/mol. The number of anilines is 1. The van der Waals surface area contributed by atoms with Gasteiger partial charge in [-0.05, 0) is 12.1 Å². The van der Waals surface area contributed by atoms with Gasteiger partial charge in [0, 0.05) is 0 Å². The molecule has 0 atom stereocenters. The summed E-state index contributed by atoms with van der Waals surface area (Å²) in [5.41, 5.74) is 4.55. The Bertz CT molecular complexity index is 983. The lowest BCUT2D eigenvalue weighted by molar-refractivity contribution is 0.592. The van der Waals surface area contributed by atoms with Crippen LogP contribution in [0.5, 0.6) is 0 Å². The minimum Gasteiger partial charge on any atom is -0.369 e. The van der Waals surface area contributed by atoms with E-state index in [1.807, 2.05) is 0 Å². The number of H-pyrrole nitrogens is 1. The van der Waals surface area contributed by atoms with Gasteiger partial charge in [-0.3, -0.25) is 9.78 Å². The molecule has 0 aliphatic carbocycles. The van der Waals surface area contributed by atoms with Crippen LogP contribution in [0.25, 0.3) is 11.2 Å². The maximum Gasteiger partial charge on any atom is 0.280 e. The Morgan fingerprint density at radius 2 is 1.81 bits per heavy atom. The zero-order chi connectivity index (χ0) is 15.0. The van der Waals surface area contributed by atoms with Gasteiger partial charge in [-0.2, -0.15) is 4.98 Å². The Morgan fingerprint density at radius 1 is 1.10 bits per heavy atom. The third-order valence-corrected chi connectivity index (χ3v) is 4.38. The van der Waals surface area contributed by atoms with Crippen LogP contribution < -0.4 is 11.3 Å². The van der Waals surface area contributed by atoms with Crippen molar-refractivity contribution in [1.82, 2.24) is 19.9 Å². The van der Waals surface area contributed by atoms with Crippen LogP contribution >= 0.6 is 0 Å². The summed E-state index contributed by atoms with van der Waals surface area (Å²) in [5, 5.41) is -0.321. The Kier molecular flexibility index (Phi) is 2.91. The monoisotopic (exact) mass is 303 g/mol. The number of nitrogen functional groups attached to an aromatic ring is 1. The van der Waals surface area contributed by atoms with E-state index in [0.717, 1.165) is 6.20 Å². The van der Waals surface area contributed by atoms with Gasteiger partial charge in [0.2, 0.25) is 15.8 Å². The molecule has 0 radical (unpaired) electrons. The molecule has 3 aromatic rings. The van der Waals surface area contributed by atoms with Crippen molar-refractivity contribution in [1.29, 1.82) is 0 Å². The highest BCUT2D eigenvalue weighted by Gasteiger charge is 2.21. The lowest BCUT2D eigenvalue weighted by Gasteiger charge is -2.04. The van der Waals surface area contributed by atoms with Gasteiger partial charge in [-0.1, -0.05) is 18.2 Å². The first-order valence-electron chi connectivity index (χ1n) is 5.81. The van der Waals surface area contributed by atoms with Crippen molar-refractivity contribution in [2.45, 2.75) is 9.92 Å². The van der Waals surface area contributed by atoms with Crippen LogP contribution in [-0.4, -0.2) is 28.4 Å². The molecule has 0 aliphatic heterocycles. The molecule has 21 heavy (non-hydrogen) atoms. The highest BCUT2D eigenvalue weighted by Crippen LogP contribution is 2.18. The van der Waals surface area contributed by atoms with Crippen LogP contribution in [0.3, 0.4) is 0 Å². The smallest absolute Gasteiger partial charge is 0.280 e. The molecule has 0 saturated carbocycles. The molecule has 3 N–H and O–H groups in total. The van der Waals surface area contributed by atoms with Crippen molar-refractivity contribution >= 4 is 26.9 Å². The van der Waals surface area contributed by atoms with Crippen LogP contribution in [0.2, 0.25) is 0 Å². The highest BCUT2D eigenvalue weighted by atomic mass is 32.2. The topological polar surface area (TPSA) is 132 Å². The number of hydrogen-bond donors (Lipinski definition) is 2. The number of nitrogens with one attached hydrogen (secondary N) is 1. The zero-order valence-electron chi connectivity index (χ0n) is 10.5. The van der Waals surface area contributed by atoms with Gasteiger partial charge >= 0.3 is 0 Å². The number of aromatic nitrogens is 4. The molecule has 0 unspecified atom stereocenters. The van der Waals surface area contributed by atoms with Crippen molar-refractivity contribution in [2.24, 2.45) is 0 Å². The lowest BCUT2D eigenvalue weighted by atomic mass is 10.4. The molecule has 1 aromatic carbocycles. The van der Waals surface area contributed by atoms with Crippen molar-refractivity contribution in [3.05, 3.63) is 46.9 Å². The van der Waals surface area contributed by atoms with Crippen LogP contribution in [0.15, 0.2) is 51.2 Å². The third kappa shape index (κ3) is 2.23. The van der Waals surface area contributed by atoms with Gasteiger partial charge < -0.3 is 5.73 Å². The number of aromatic amines is 1. The Hall–Kier alpha value is -2.81. The Labute approximate surface area is 118 Å². The zero-order valence-corrected chi connectivity index (χ0v) is 11.3. The second kappa shape index (κ2) is 4.63. The summed E-state index contributed by atoms with van der Waals surface area (Å²) in [6.45, 7) is 0. The molecule has 0 aliphatic rings. The number of nitrogens with zero attached hydrogens (tertiary/aromatic N) is 3. The summed E-state index contributed by atoms with van der Waals surface area (Å²) in [4.78, 5) is 25.5. The van der Waals surface area contributed by atoms with E-state index in [2.05, 4.69) is 19.9 Å². The number of fused-ring (bicyclic) bond motifs is 1. The number of hydrogen-bond acceptors (Lipinski definition) is 7. The minimum atomic E-state index is -3.84. The van der Waals surface area contributed by atoms with E-state index < -0.39 is 15.4 Å². The number of nitrogens with two attached hydrogens (primary N) is 1. The van der Waals surface area contributed by atoms with E-state index in [1.165, 1.54) is 12.1 Å². The molecule has 2 heterocycles. The SMILES string of the molecule is Nc1nc2ncc(S(=O)(=O)c3ccccc3)nc2c(=O)[nH]1. The highest BCUT2D eigenvalue weighted by molar-refractivity contribution is 7.91. The summed E-state index contributed by atoms with van der Waals surface area (Å²) in [6.07, 6.45) is 1.05. The fraction of sp³-hybridized carbons (Fsp3) is 0. The molecule has 0 amide bonds. The number of sulfone groups is 1. The van der Waals surface area contributed by atoms with Gasteiger partial charge in [0.1, 0.15) is 0 Å². The molecule has 0 fully saturated rings. The molecule has 9 heteroatoms. The molecule has 0 spiro atoms. The van der Waals surface area contributed by atoms with E-state index in [9.17, 15) is 13.2 Å². The molecule has 106 valence electrons. The van der Waals surface area contributed by atoms with E-state index in [-0.39, 0.29) is 27.0 Å². The summed E-state index contributed by atoms with van der Waals surface area (Å²) in [7, 11) is -3.84. The van der Waals surface area contributed by atoms with Crippen molar-refractivity contribution in [3.8, 4) is 0 Å². The quantitative estimate of drug-likeness (QED) is 0.687. The minimum absolute atomic E-state index is 0.0109. The van der Waals surface area contributed by atoms with Gasteiger partial charge in [0.25, 0.3) is 5.56 Å². The van der Waals surface area contributed by atoms with Gasteiger partial charge in [0.15, 0.2) is 16.2 Å². The first-order valence-corrected chi connectivity index (χ1v) is 7.29. The second-order valence-electron chi connectivity index (χ2n) is 4.15. The van der Waals surface area contributed by atoms with Crippen molar-refractivity contribution in [3.63, 3.8) is 0 Å². The predicted octanol–water partition coefficient (Wildman–Crippen LogP) is 0.128. The van der Waals surface area contributed by atoms with E-state index in [1.54, 1.807) is 18.2 Å². The summed E-state index contributed by atoms with van der Waals surface area (Å²) >= 11 is 0. The van der Waals surface area contributed by atoms with Gasteiger partial charge in [0.05, 0.1) is 11.1 Å². The number of rotatable bonds is 2. The molecule has 0 bridgehead atoms. The van der Waals surface area contributed by atoms with Crippen molar-refractivity contribution < 1.29 is 8.42 Å². The van der Waals surface area contributed by atoms with Crippen molar-refractivity contribution in [2.75, 3.05) is 5.73 Å². The van der Waals surface area contributed by atoms with Gasteiger partial charge in [-0.25, -0.2) is 18.4 Å². The molecule has 3 rings (SSSR count). The summed E-state index contributed by atoms with van der Waals surface area (Å²) in [6, 6.07) is 7.76. The largest absolute Gasteiger partial charge is 0.369 e. The Morgan fingerprint density at radius 3 is 2.52 bits per heavy atom. The predicted molar refractivity (Wildman–Crippen MR) is 74.3 cm³/mol. The fourth-order valence-corrected chi connectivity index (χ4v) is 2.93. The lowest BCUT2D eigenvalue weighted by Crippen LogP contribution is -2.15. The molecule has 2 aromatic heterocycles. The maximum absolute atomic E-state index is 12.4. The average Bonchev–Trinajstić information content (AvgIpc) is 2.47. The molecule has 0 saturated heterocycles. The van der Waals surface area contributed by atoms with E-state index in [0.29, 0.717) is 0 Å². The van der Waals surface area contributed by atoms with Crippen LogP contribution in [0.1, 0.15) is 0 Å². The normalized spacial score (nSPS) is 11.6. The van der Waals surface area contributed by atoms with Crippen LogP contribution in [-0.2, 0) is 9.84 Å². The molecule has 8 nitrogen and oxygen atoms in total. The van der Waals surface area contributed by atoms with E-state index in [4.69, 9.17) is 5.73 Å². The maximum atomic E-state index is 12.4. The summed E-state index contributed by atoms with van der Waals surface area (Å²) in [5.74, 6) is -0.111. The average molecular weight is 303 g/mol. The standard InChI is InChI=1S/C12H9N5O3S/c13-12-16-10-9(11(18)17-12)15-8(6-14-10)21(19,20)7-4-2-1-3-5-7/h1-6H,(H3,13,14,16,17,18). The third-order valence-electron chi connectivity index (χ3n) is 2.74. The van der Waals surface area contributed by atoms with Gasteiger partial charge in [-0.15, -0.1) is 0 Å². The van der Waals surface area contributed by atoms with Crippen LogP contribution in [0.4, 0.5) is 5.95 Å². The Balaban J connectivity index is 2.25. The van der Waals surface area contributed by atoms with E-state index >= 15 is 0 Å². The second-order valence-corrected chi connectivity index (χ2v) is 6.04. The fourth-order valence-electron chi connectivity index (χ4n) is 1.77. The summed E-state index contributed by atoms with van der Waals surface area (Å²) < 4.78 is 24.8. The first kappa shape index (κ1) is 13.2.